The average molecular weight is 298 g/mol. The summed E-state index contributed by atoms with van der Waals surface area (Å²) in [7, 11) is 0. The summed E-state index contributed by atoms with van der Waals surface area (Å²) in [5.74, 6) is 0. The minimum absolute atomic E-state index is 0.661. The molecule has 4 heteroatoms. The van der Waals surface area contributed by atoms with Gasteiger partial charge in [0.1, 0.15) is 0 Å². The van der Waals surface area contributed by atoms with Crippen molar-refractivity contribution in [1.82, 2.24) is 9.97 Å². The fraction of sp³-hybridized carbons (Fsp3) is 0.0526. The summed E-state index contributed by atoms with van der Waals surface area (Å²) < 4.78 is 0. The third-order valence-corrected chi connectivity index (χ3v) is 4.45. The number of fused-ring (bicyclic) bond motifs is 4. The van der Waals surface area contributed by atoms with Crippen molar-refractivity contribution in [2.75, 3.05) is 5.06 Å². The second-order valence-corrected chi connectivity index (χ2v) is 5.84. The van der Waals surface area contributed by atoms with Crippen molar-refractivity contribution in [3.8, 4) is 11.1 Å². The third kappa shape index (κ3) is 1.58. The van der Waals surface area contributed by atoms with Gasteiger partial charge in [0, 0.05) is 56.7 Å². The normalized spacial score (nSPS) is 12.7. The summed E-state index contributed by atoms with van der Waals surface area (Å²) >= 11 is 0. The van der Waals surface area contributed by atoms with Gasteiger partial charge >= 0.3 is 0 Å². The largest absolute Gasteiger partial charge is 0.754 e. The maximum Gasteiger partial charge on any atom is 0.0800 e. The Balaban J connectivity index is 2.04. The van der Waals surface area contributed by atoms with Gasteiger partial charge in [-0.05, 0) is 25.1 Å². The van der Waals surface area contributed by atoms with Crippen LogP contribution in [0.4, 0.5) is 11.4 Å². The number of rotatable bonds is 0. The third-order valence-electron chi connectivity index (χ3n) is 4.45. The van der Waals surface area contributed by atoms with Crippen molar-refractivity contribution >= 4 is 33.1 Å². The molecule has 0 fully saturated rings. The lowest BCUT2D eigenvalue weighted by Crippen LogP contribution is -2.13. The monoisotopic (exact) mass is 298 g/mol. The standard InChI is InChI=1S/C19H12N3O/c1-11-6-7-12-8-17-18-14(9-20-10-15(18)19(12)21-11)13-4-2-3-5-16(13)22(17)23/h2-10H,1H3/q-1. The molecule has 0 radical (unpaired) electrons. The van der Waals surface area contributed by atoms with Gasteiger partial charge in [-0.15, -0.1) is 0 Å². The van der Waals surface area contributed by atoms with Crippen LogP contribution >= 0.6 is 0 Å². The number of aromatic nitrogens is 2. The van der Waals surface area contributed by atoms with E-state index in [9.17, 15) is 5.21 Å². The van der Waals surface area contributed by atoms with E-state index in [-0.39, 0.29) is 0 Å². The van der Waals surface area contributed by atoms with E-state index in [1.807, 2.05) is 55.6 Å². The molecule has 0 saturated carbocycles. The first-order valence-corrected chi connectivity index (χ1v) is 7.49. The first-order chi connectivity index (χ1) is 11.2. The average Bonchev–Trinajstić information content (AvgIpc) is 2.59. The van der Waals surface area contributed by atoms with Gasteiger partial charge in [-0.2, -0.15) is 0 Å². The highest BCUT2D eigenvalue weighted by atomic mass is 16.5. The number of hydrogen-bond donors (Lipinski definition) is 0. The van der Waals surface area contributed by atoms with Crippen molar-refractivity contribution in [3.63, 3.8) is 0 Å². The highest BCUT2D eigenvalue weighted by molar-refractivity contribution is 6.19. The van der Waals surface area contributed by atoms with Crippen LogP contribution < -0.4 is 5.06 Å². The molecule has 0 amide bonds. The summed E-state index contributed by atoms with van der Waals surface area (Å²) in [5, 5.41) is 16.7. The predicted octanol–water partition coefficient (Wildman–Crippen LogP) is 4.71. The molecule has 0 N–H and O–H groups in total. The van der Waals surface area contributed by atoms with Crippen LogP contribution in [0.5, 0.6) is 0 Å². The van der Waals surface area contributed by atoms with E-state index in [1.165, 1.54) is 0 Å². The molecule has 0 aliphatic carbocycles. The first kappa shape index (κ1) is 12.6. The maximum atomic E-state index is 12.9. The quantitative estimate of drug-likeness (QED) is 0.441. The van der Waals surface area contributed by atoms with Gasteiger partial charge in [0.15, 0.2) is 0 Å². The molecule has 1 aliphatic rings. The van der Waals surface area contributed by atoms with Crippen molar-refractivity contribution in [3.05, 3.63) is 65.8 Å². The Morgan fingerprint density at radius 2 is 1.83 bits per heavy atom. The molecule has 110 valence electrons. The number of aryl methyl sites for hydroxylation is 1. The first-order valence-electron chi connectivity index (χ1n) is 7.49. The van der Waals surface area contributed by atoms with E-state index in [2.05, 4.69) is 9.97 Å². The van der Waals surface area contributed by atoms with Crippen molar-refractivity contribution < 1.29 is 0 Å². The molecule has 4 aromatic rings. The minimum atomic E-state index is 0.661. The van der Waals surface area contributed by atoms with Gasteiger partial charge in [-0.25, -0.2) is 0 Å². The van der Waals surface area contributed by atoms with Crippen LogP contribution in [-0.4, -0.2) is 9.97 Å². The fourth-order valence-corrected chi connectivity index (χ4v) is 3.41. The van der Waals surface area contributed by atoms with Crippen molar-refractivity contribution in [2.45, 2.75) is 6.92 Å². The van der Waals surface area contributed by atoms with Crippen LogP contribution in [0, 0.1) is 12.1 Å². The zero-order valence-electron chi connectivity index (χ0n) is 12.4. The topological polar surface area (TPSA) is 52.1 Å². The Labute approximate surface area is 132 Å². The smallest absolute Gasteiger partial charge is 0.0800 e. The highest BCUT2D eigenvalue weighted by Crippen LogP contribution is 2.48. The minimum Gasteiger partial charge on any atom is -0.754 e. The molecule has 0 atom stereocenters. The summed E-state index contributed by atoms with van der Waals surface area (Å²) in [6.45, 7) is 1.97. The van der Waals surface area contributed by atoms with Crippen LogP contribution in [0.1, 0.15) is 5.69 Å². The summed E-state index contributed by atoms with van der Waals surface area (Å²) in [4.78, 5) is 9.07. The predicted molar refractivity (Wildman–Crippen MR) is 92.7 cm³/mol. The molecule has 0 saturated heterocycles. The lowest BCUT2D eigenvalue weighted by atomic mass is 9.93. The molecule has 2 aromatic heterocycles. The molecule has 23 heavy (non-hydrogen) atoms. The Hall–Kier alpha value is -2.98. The maximum absolute atomic E-state index is 12.9. The van der Waals surface area contributed by atoms with Crippen molar-refractivity contribution in [2.24, 2.45) is 0 Å². The van der Waals surface area contributed by atoms with E-state index in [1.54, 1.807) is 6.20 Å². The molecular weight excluding hydrogens is 286 g/mol. The van der Waals surface area contributed by atoms with Crippen LogP contribution in [0.2, 0.25) is 0 Å². The molecule has 3 heterocycles. The van der Waals surface area contributed by atoms with Crippen LogP contribution in [-0.2, 0) is 0 Å². The molecule has 2 aromatic carbocycles. The molecule has 0 spiro atoms. The fourth-order valence-electron chi connectivity index (χ4n) is 3.41. The van der Waals surface area contributed by atoms with E-state index in [0.29, 0.717) is 11.4 Å². The molecule has 5 rings (SSSR count). The zero-order chi connectivity index (χ0) is 15.6. The molecule has 1 aliphatic heterocycles. The SMILES string of the molecule is Cc1ccc2cc3c4c(cncc4c2n1)-c1ccccc1N3[O-]. The van der Waals surface area contributed by atoms with E-state index in [4.69, 9.17) is 0 Å². The second kappa shape index (κ2) is 4.27. The van der Waals surface area contributed by atoms with Crippen molar-refractivity contribution in [1.29, 1.82) is 0 Å². The molecule has 0 unspecified atom stereocenters. The Kier molecular flexibility index (Phi) is 2.33. The van der Waals surface area contributed by atoms with Crippen LogP contribution in [0.25, 0.3) is 32.8 Å². The summed E-state index contributed by atoms with van der Waals surface area (Å²) in [6.07, 6.45) is 3.64. The number of para-hydroxylation sites is 1. The van der Waals surface area contributed by atoms with Crippen LogP contribution in [0.3, 0.4) is 0 Å². The highest BCUT2D eigenvalue weighted by Gasteiger charge is 2.21. The van der Waals surface area contributed by atoms with Gasteiger partial charge < -0.3 is 10.3 Å². The number of pyridine rings is 2. The summed E-state index contributed by atoms with van der Waals surface area (Å²) in [6, 6.07) is 13.5. The zero-order valence-corrected chi connectivity index (χ0v) is 12.4. The van der Waals surface area contributed by atoms with E-state index in [0.717, 1.165) is 43.6 Å². The van der Waals surface area contributed by atoms with Gasteiger partial charge in [-0.3, -0.25) is 9.97 Å². The number of nitrogens with zero attached hydrogens (tertiary/aromatic N) is 3. The Bertz CT molecular complexity index is 1100. The van der Waals surface area contributed by atoms with Gasteiger partial charge in [0.05, 0.1) is 5.52 Å². The second-order valence-electron chi connectivity index (χ2n) is 5.84. The number of benzene rings is 2. The van der Waals surface area contributed by atoms with E-state index >= 15 is 0 Å². The molecule has 4 nitrogen and oxygen atoms in total. The molecule has 0 bridgehead atoms. The Morgan fingerprint density at radius 3 is 2.74 bits per heavy atom. The lowest BCUT2D eigenvalue weighted by Gasteiger charge is -2.38. The van der Waals surface area contributed by atoms with Gasteiger partial charge in [-0.1, -0.05) is 24.3 Å². The molecular formula is C19H12N3O-. The van der Waals surface area contributed by atoms with Crippen LogP contribution in [0.15, 0.2) is 54.9 Å². The van der Waals surface area contributed by atoms with Gasteiger partial charge in [0.25, 0.3) is 0 Å². The lowest BCUT2D eigenvalue weighted by molar-refractivity contribution is 1.25. The van der Waals surface area contributed by atoms with E-state index < -0.39 is 0 Å². The number of hydrogen-bond acceptors (Lipinski definition) is 4. The summed E-state index contributed by atoms with van der Waals surface area (Å²) in [5.41, 5.74) is 5.08. The Morgan fingerprint density at radius 1 is 0.957 bits per heavy atom. The van der Waals surface area contributed by atoms with Gasteiger partial charge in [0.2, 0.25) is 0 Å². The number of anilines is 2.